The van der Waals surface area contributed by atoms with Crippen LogP contribution in [0, 0.1) is 0 Å². The van der Waals surface area contributed by atoms with Crippen molar-refractivity contribution in [2.45, 2.75) is 10.9 Å². The topological polar surface area (TPSA) is 75.3 Å². The molecule has 2 aromatic carbocycles. The average Bonchev–Trinajstić information content (AvgIpc) is 3.17. The van der Waals surface area contributed by atoms with Crippen LogP contribution in [0.15, 0.2) is 77.0 Å². The number of benzene rings is 2. The van der Waals surface area contributed by atoms with Crippen molar-refractivity contribution in [3.05, 3.63) is 82.6 Å². The van der Waals surface area contributed by atoms with Gasteiger partial charge in [0.1, 0.15) is 0 Å². The van der Waals surface area contributed by atoms with Gasteiger partial charge in [-0.15, -0.1) is 11.3 Å². The van der Waals surface area contributed by atoms with Crippen LogP contribution in [0.5, 0.6) is 0 Å². The molecule has 0 aliphatic heterocycles. The molecule has 1 amide bonds. The van der Waals surface area contributed by atoms with Crippen LogP contribution < -0.4 is 10.6 Å². The molecule has 1 atom stereocenters. The molecule has 0 saturated carbocycles. The van der Waals surface area contributed by atoms with Gasteiger partial charge in [-0.05, 0) is 35.2 Å². The fraction of sp³-hybridized carbons (Fsp3) is 0.150. The lowest BCUT2D eigenvalue weighted by atomic mass is 10.1. The van der Waals surface area contributed by atoms with Gasteiger partial charge in [-0.2, -0.15) is 0 Å². The summed E-state index contributed by atoms with van der Waals surface area (Å²) in [6.07, 6.45) is 1.14. The highest BCUT2D eigenvalue weighted by atomic mass is 32.2. The average molecular weight is 401 g/mol. The Bertz CT molecular complexity index is 1000. The highest BCUT2D eigenvalue weighted by Crippen LogP contribution is 2.25. The van der Waals surface area contributed by atoms with Gasteiger partial charge >= 0.3 is 0 Å². The first kappa shape index (κ1) is 19.3. The quantitative estimate of drug-likeness (QED) is 0.637. The van der Waals surface area contributed by atoms with Crippen molar-refractivity contribution in [3.63, 3.8) is 0 Å². The zero-order valence-corrected chi connectivity index (χ0v) is 16.4. The second kappa shape index (κ2) is 8.47. The molecule has 140 valence electrons. The Balaban J connectivity index is 1.68. The zero-order chi connectivity index (χ0) is 19.3. The number of nitrogens with one attached hydrogen (secondary N) is 2. The van der Waals surface area contributed by atoms with Crippen LogP contribution in [0.1, 0.15) is 16.5 Å². The minimum Gasteiger partial charge on any atom is -0.325 e. The maximum atomic E-state index is 12.4. The summed E-state index contributed by atoms with van der Waals surface area (Å²) < 4.78 is 23.3. The fourth-order valence-corrected chi connectivity index (χ4v) is 4.18. The van der Waals surface area contributed by atoms with Gasteiger partial charge in [-0.3, -0.25) is 10.1 Å². The van der Waals surface area contributed by atoms with Crippen molar-refractivity contribution in [1.82, 2.24) is 5.32 Å². The van der Waals surface area contributed by atoms with Crippen LogP contribution in [-0.4, -0.2) is 27.1 Å². The second-order valence-corrected chi connectivity index (χ2v) is 9.08. The number of hydrogen-bond donors (Lipinski definition) is 2. The lowest BCUT2D eigenvalue weighted by molar-refractivity contribution is -0.115. The molecule has 0 aliphatic carbocycles. The first-order valence-electron chi connectivity index (χ1n) is 8.35. The van der Waals surface area contributed by atoms with Crippen molar-refractivity contribution >= 4 is 32.8 Å². The lowest BCUT2D eigenvalue weighted by Crippen LogP contribution is -2.31. The van der Waals surface area contributed by atoms with Crippen molar-refractivity contribution in [3.8, 4) is 0 Å². The highest BCUT2D eigenvalue weighted by Gasteiger charge is 2.16. The Morgan fingerprint density at radius 3 is 2.48 bits per heavy atom. The summed E-state index contributed by atoms with van der Waals surface area (Å²) >= 11 is 1.63. The second-order valence-electron chi connectivity index (χ2n) is 6.09. The lowest BCUT2D eigenvalue weighted by Gasteiger charge is -2.18. The van der Waals surface area contributed by atoms with E-state index < -0.39 is 9.84 Å². The third-order valence-corrected chi connectivity index (χ3v) is 6.02. The van der Waals surface area contributed by atoms with Crippen molar-refractivity contribution in [1.29, 1.82) is 0 Å². The normalized spacial score (nSPS) is 12.5. The number of carbonyl (C=O) groups is 1. The number of rotatable bonds is 7. The Morgan fingerprint density at radius 1 is 1.04 bits per heavy atom. The van der Waals surface area contributed by atoms with E-state index in [0.29, 0.717) is 5.69 Å². The first-order valence-corrected chi connectivity index (χ1v) is 11.1. The smallest absolute Gasteiger partial charge is 0.238 e. The molecule has 3 aromatic rings. The van der Waals surface area contributed by atoms with Crippen molar-refractivity contribution in [2.24, 2.45) is 0 Å². The van der Waals surface area contributed by atoms with Crippen LogP contribution in [0.4, 0.5) is 5.69 Å². The monoisotopic (exact) mass is 400 g/mol. The SMILES string of the molecule is CS(=O)(=O)c1cccc(NC(=O)CN[C@@H](c2ccccc2)c2cccs2)c1. The number of thiophene rings is 1. The minimum absolute atomic E-state index is 0.0840. The predicted molar refractivity (Wildman–Crippen MR) is 109 cm³/mol. The molecule has 27 heavy (non-hydrogen) atoms. The summed E-state index contributed by atoms with van der Waals surface area (Å²) in [7, 11) is -3.32. The molecule has 0 bridgehead atoms. The summed E-state index contributed by atoms with van der Waals surface area (Å²) in [6.45, 7) is 0.0978. The third kappa shape index (κ3) is 5.26. The molecule has 0 spiro atoms. The first-order chi connectivity index (χ1) is 12.9. The van der Waals surface area contributed by atoms with Crippen LogP contribution in [0.25, 0.3) is 0 Å². The summed E-state index contributed by atoms with van der Waals surface area (Å²) in [6, 6.07) is 20.1. The maximum absolute atomic E-state index is 12.4. The number of anilines is 1. The molecule has 5 nitrogen and oxygen atoms in total. The van der Waals surface area contributed by atoms with Crippen LogP contribution in [0.3, 0.4) is 0 Å². The Morgan fingerprint density at radius 2 is 1.81 bits per heavy atom. The van der Waals surface area contributed by atoms with Gasteiger partial charge in [-0.1, -0.05) is 42.5 Å². The molecule has 3 rings (SSSR count). The number of hydrogen-bond acceptors (Lipinski definition) is 5. The van der Waals surface area contributed by atoms with E-state index in [1.165, 1.54) is 12.1 Å². The van der Waals surface area contributed by atoms with Crippen LogP contribution in [0.2, 0.25) is 0 Å². The van der Waals surface area contributed by atoms with E-state index in [1.807, 2.05) is 47.8 Å². The minimum atomic E-state index is -3.32. The van der Waals surface area contributed by atoms with Crippen LogP contribution in [-0.2, 0) is 14.6 Å². The summed E-state index contributed by atoms with van der Waals surface area (Å²) in [4.78, 5) is 13.7. The number of carbonyl (C=O) groups excluding carboxylic acids is 1. The van der Waals surface area contributed by atoms with E-state index >= 15 is 0 Å². The van der Waals surface area contributed by atoms with E-state index in [9.17, 15) is 13.2 Å². The molecular formula is C20H20N2O3S2. The maximum Gasteiger partial charge on any atom is 0.238 e. The molecule has 0 aliphatic rings. The van der Waals surface area contributed by atoms with E-state index in [0.717, 1.165) is 16.7 Å². The van der Waals surface area contributed by atoms with Crippen LogP contribution >= 0.6 is 11.3 Å². The molecule has 1 heterocycles. The van der Waals surface area contributed by atoms with Gasteiger partial charge in [0, 0.05) is 16.8 Å². The summed E-state index contributed by atoms with van der Waals surface area (Å²) in [5, 5.41) is 8.03. The predicted octanol–water partition coefficient (Wildman–Crippen LogP) is 3.47. The molecule has 1 aromatic heterocycles. The zero-order valence-electron chi connectivity index (χ0n) is 14.8. The van der Waals surface area contributed by atoms with Gasteiger partial charge in [-0.25, -0.2) is 8.42 Å². The van der Waals surface area contributed by atoms with Crippen molar-refractivity contribution < 1.29 is 13.2 Å². The molecule has 0 radical (unpaired) electrons. The summed E-state index contributed by atoms with van der Waals surface area (Å²) in [5.41, 5.74) is 1.53. The molecule has 0 unspecified atom stereocenters. The Kier molecular flexibility index (Phi) is 6.05. The van der Waals surface area contributed by atoms with Gasteiger partial charge < -0.3 is 5.32 Å². The van der Waals surface area contributed by atoms with Gasteiger partial charge in [0.15, 0.2) is 9.84 Å². The Hall–Kier alpha value is -2.48. The van der Waals surface area contributed by atoms with E-state index in [-0.39, 0.29) is 23.4 Å². The standard InChI is InChI=1S/C20H20N2O3S2/c1-27(24,25)17-10-5-9-16(13-17)22-19(23)14-21-20(18-11-6-12-26-18)15-7-3-2-4-8-15/h2-13,20-21H,14H2,1H3,(H,22,23)/t20-/m0/s1. The molecule has 0 saturated heterocycles. The molecule has 7 heteroatoms. The van der Waals surface area contributed by atoms with E-state index in [4.69, 9.17) is 0 Å². The van der Waals surface area contributed by atoms with Gasteiger partial charge in [0.2, 0.25) is 5.91 Å². The fourth-order valence-electron chi connectivity index (χ4n) is 2.69. The molecule has 0 fully saturated rings. The van der Waals surface area contributed by atoms with E-state index in [1.54, 1.807) is 23.5 Å². The van der Waals surface area contributed by atoms with Gasteiger partial charge in [0.05, 0.1) is 17.5 Å². The highest BCUT2D eigenvalue weighted by molar-refractivity contribution is 7.90. The largest absolute Gasteiger partial charge is 0.325 e. The number of sulfone groups is 1. The third-order valence-electron chi connectivity index (χ3n) is 3.97. The van der Waals surface area contributed by atoms with E-state index in [2.05, 4.69) is 10.6 Å². The summed E-state index contributed by atoms with van der Waals surface area (Å²) in [5.74, 6) is -0.238. The van der Waals surface area contributed by atoms with Gasteiger partial charge in [0.25, 0.3) is 0 Å². The Labute approximate surface area is 163 Å². The molecule has 2 N–H and O–H groups in total. The molecular weight excluding hydrogens is 380 g/mol. The number of amides is 1. The van der Waals surface area contributed by atoms with Crippen molar-refractivity contribution in [2.75, 3.05) is 18.1 Å².